The fourth-order valence-electron chi connectivity index (χ4n) is 2.78. The van der Waals surface area contributed by atoms with E-state index in [2.05, 4.69) is 11.4 Å². The van der Waals surface area contributed by atoms with E-state index < -0.39 is 5.54 Å². The highest BCUT2D eigenvalue weighted by Gasteiger charge is 2.36. The number of nitrogens with one attached hydrogen (secondary N) is 1. The van der Waals surface area contributed by atoms with Gasteiger partial charge in [0, 0.05) is 10.6 Å². The van der Waals surface area contributed by atoms with Crippen molar-refractivity contribution in [2.45, 2.75) is 43.4 Å². The molecule has 0 saturated heterocycles. The predicted octanol–water partition coefficient (Wildman–Crippen LogP) is 3.10. The van der Waals surface area contributed by atoms with Crippen LogP contribution in [0, 0.1) is 11.3 Å². The Hall–Kier alpha value is -0.990. The highest BCUT2D eigenvalue weighted by molar-refractivity contribution is 7.98. The van der Waals surface area contributed by atoms with Crippen LogP contribution in [0.15, 0.2) is 6.07 Å². The van der Waals surface area contributed by atoms with E-state index in [1.165, 1.54) is 10.4 Å². The summed E-state index contributed by atoms with van der Waals surface area (Å²) in [6.07, 6.45) is 4.71. The Morgan fingerprint density at radius 2 is 2.21 bits per heavy atom. The van der Waals surface area contributed by atoms with E-state index in [0.29, 0.717) is 0 Å². The average molecular weight is 292 g/mol. The number of thiophene rings is 1. The molecule has 0 aromatic carbocycles. The molecule has 0 spiro atoms. The van der Waals surface area contributed by atoms with E-state index in [0.717, 1.165) is 48.5 Å². The summed E-state index contributed by atoms with van der Waals surface area (Å²) in [5.74, 6) is 2.10. The normalized spacial score (nSPS) is 20.6. The van der Waals surface area contributed by atoms with E-state index in [9.17, 15) is 10.1 Å². The van der Waals surface area contributed by atoms with Crippen LogP contribution in [0.25, 0.3) is 0 Å². The molecule has 5 heteroatoms. The first-order valence-electron chi connectivity index (χ1n) is 6.65. The number of rotatable bonds is 2. The van der Waals surface area contributed by atoms with E-state index >= 15 is 0 Å². The molecule has 100 valence electrons. The Morgan fingerprint density at radius 1 is 1.42 bits per heavy atom. The highest BCUT2D eigenvalue weighted by Crippen LogP contribution is 2.33. The van der Waals surface area contributed by atoms with Gasteiger partial charge in [-0.25, -0.2) is 0 Å². The van der Waals surface area contributed by atoms with Gasteiger partial charge in [-0.05, 0) is 49.5 Å². The molecule has 0 bridgehead atoms. The number of nitriles is 1. The van der Waals surface area contributed by atoms with Gasteiger partial charge in [-0.1, -0.05) is 0 Å². The van der Waals surface area contributed by atoms with Crippen LogP contribution in [-0.4, -0.2) is 17.2 Å². The number of aryl methyl sites for hydroxylation is 1. The number of hydrogen-bond acceptors (Lipinski definition) is 4. The molecule has 0 unspecified atom stereocenters. The first kappa shape index (κ1) is 13.0. The maximum Gasteiger partial charge on any atom is 0.262 e. The lowest BCUT2D eigenvalue weighted by Crippen LogP contribution is -2.44. The highest BCUT2D eigenvalue weighted by atomic mass is 32.2. The van der Waals surface area contributed by atoms with Crippen molar-refractivity contribution in [3.8, 4) is 6.07 Å². The van der Waals surface area contributed by atoms with Gasteiger partial charge < -0.3 is 5.32 Å². The van der Waals surface area contributed by atoms with Crippen molar-refractivity contribution >= 4 is 29.0 Å². The summed E-state index contributed by atoms with van der Waals surface area (Å²) in [4.78, 5) is 14.4. The summed E-state index contributed by atoms with van der Waals surface area (Å²) < 4.78 is 0. The lowest BCUT2D eigenvalue weighted by atomic mass is 10.00. The second kappa shape index (κ2) is 5.18. The minimum Gasteiger partial charge on any atom is -0.333 e. The Morgan fingerprint density at radius 3 is 2.89 bits per heavy atom. The number of carbonyl (C=O) groups is 1. The van der Waals surface area contributed by atoms with Gasteiger partial charge in [0.25, 0.3) is 5.91 Å². The van der Waals surface area contributed by atoms with Crippen LogP contribution in [0.3, 0.4) is 0 Å². The van der Waals surface area contributed by atoms with Crippen molar-refractivity contribution in [1.29, 1.82) is 5.26 Å². The Kier molecular flexibility index (Phi) is 3.55. The van der Waals surface area contributed by atoms with Gasteiger partial charge in [0.15, 0.2) is 0 Å². The standard InChI is InChI=1S/C14H16N2OS2/c15-9-14(4-1-2-5-14)16-13(17)12-7-10-8-18-6-3-11(10)19-12/h7H,1-6,8H2,(H,16,17). The molecule has 1 N–H and O–H groups in total. The lowest BCUT2D eigenvalue weighted by Gasteiger charge is -2.21. The minimum atomic E-state index is -0.615. The number of amides is 1. The second-order valence-electron chi connectivity index (χ2n) is 5.22. The minimum absolute atomic E-state index is 0.0622. The molecule has 1 fully saturated rings. The summed E-state index contributed by atoms with van der Waals surface area (Å²) in [5.41, 5.74) is 0.694. The third-order valence-corrected chi connectivity index (χ3v) is 6.12. The smallest absolute Gasteiger partial charge is 0.262 e. The van der Waals surface area contributed by atoms with Gasteiger partial charge in [0.1, 0.15) is 5.54 Å². The fraction of sp³-hybridized carbons (Fsp3) is 0.571. The molecule has 3 rings (SSSR count). The SMILES string of the molecule is N#CC1(NC(=O)c2cc3c(s2)CCSC3)CCCC1. The molecular weight excluding hydrogens is 276 g/mol. The van der Waals surface area contributed by atoms with Crippen molar-refractivity contribution in [2.24, 2.45) is 0 Å². The van der Waals surface area contributed by atoms with E-state index in [1.54, 1.807) is 11.3 Å². The summed E-state index contributed by atoms with van der Waals surface area (Å²) in [7, 11) is 0. The molecule has 3 nitrogen and oxygen atoms in total. The van der Waals surface area contributed by atoms with Crippen LogP contribution >= 0.6 is 23.1 Å². The Balaban J connectivity index is 1.77. The van der Waals surface area contributed by atoms with Crippen LogP contribution in [0.1, 0.15) is 45.8 Å². The zero-order valence-corrected chi connectivity index (χ0v) is 12.3. The summed E-state index contributed by atoms with van der Waals surface area (Å²) in [6.45, 7) is 0. The molecule has 2 heterocycles. The van der Waals surface area contributed by atoms with Crippen LogP contribution in [0.5, 0.6) is 0 Å². The molecule has 1 amide bonds. The largest absolute Gasteiger partial charge is 0.333 e. The molecule has 1 aliphatic heterocycles. The van der Waals surface area contributed by atoms with Crippen LogP contribution < -0.4 is 5.32 Å². The van der Waals surface area contributed by atoms with Gasteiger partial charge in [0.2, 0.25) is 0 Å². The number of hydrogen-bond donors (Lipinski definition) is 1. The maximum absolute atomic E-state index is 12.3. The van der Waals surface area contributed by atoms with Gasteiger partial charge in [-0.15, -0.1) is 11.3 Å². The topological polar surface area (TPSA) is 52.9 Å². The molecule has 1 aliphatic carbocycles. The number of thioether (sulfide) groups is 1. The number of fused-ring (bicyclic) bond motifs is 1. The quantitative estimate of drug-likeness (QED) is 0.911. The monoisotopic (exact) mass is 292 g/mol. The zero-order chi connectivity index (χ0) is 13.3. The predicted molar refractivity (Wildman–Crippen MR) is 78.5 cm³/mol. The van der Waals surface area contributed by atoms with Crippen LogP contribution in [0.2, 0.25) is 0 Å². The van der Waals surface area contributed by atoms with Crippen molar-refractivity contribution in [3.63, 3.8) is 0 Å². The second-order valence-corrected chi connectivity index (χ2v) is 7.46. The van der Waals surface area contributed by atoms with Gasteiger partial charge in [0.05, 0.1) is 10.9 Å². The Labute approximate surface area is 121 Å². The molecule has 1 saturated carbocycles. The van der Waals surface area contributed by atoms with E-state index in [1.807, 2.05) is 17.8 Å². The molecule has 0 radical (unpaired) electrons. The van der Waals surface area contributed by atoms with Crippen LogP contribution in [-0.2, 0) is 12.2 Å². The third kappa shape index (κ3) is 2.52. The van der Waals surface area contributed by atoms with E-state index in [4.69, 9.17) is 0 Å². The van der Waals surface area contributed by atoms with Crippen molar-refractivity contribution < 1.29 is 4.79 Å². The summed E-state index contributed by atoms with van der Waals surface area (Å²) >= 11 is 3.52. The first-order chi connectivity index (χ1) is 9.22. The lowest BCUT2D eigenvalue weighted by molar-refractivity contribution is 0.0925. The van der Waals surface area contributed by atoms with Crippen molar-refractivity contribution in [1.82, 2.24) is 5.32 Å². The van der Waals surface area contributed by atoms with Crippen molar-refractivity contribution in [3.05, 3.63) is 21.4 Å². The maximum atomic E-state index is 12.3. The zero-order valence-electron chi connectivity index (χ0n) is 10.7. The van der Waals surface area contributed by atoms with Gasteiger partial charge in [-0.2, -0.15) is 17.0 Å². The average Bonchev–Trinajstić information content (AvgIpc) is 3.05. The van der Waals surface area contributed by atoms with Gasteiger partial charge in [-0.3, -0.25) is 4.79 Å². The molecule has 2 aliphatic rings. The number of carbonyl (C=O) groups excluding carboxylic acids is 1. The molecule has 19 heavy (non-hydrogen) atoms. The Bertz CT molecular complexity index is 515. The molecular formula is C14H16N2OS2. The fourth-order valence-corrected chi connectivity index (χ4v) is 5.05. The molecule has 1 aromatic rings. The summed E-state index contributed by atoms with van der Waals surface area (Å²) in [6, 6.07) is 4.32. The van der Waals surface area contributed by atoms with E-state index in [-0.39, 0.29) is 5.91 Å². The van der Waals surface area contributed by atoms with Crippen LogP contribution in [0.4, 0.5) is 0 Å². The van der Waals surface area contributed by atoms with Gasteiger partial charge >= 0.3 is 0 Å². The van der Waals surface area contributed by atoms with Crippen molar-refractivity contribution in [2.75, 3.05) is 5.75 Å². The first-order valence-corrected chi connectivity index (χ1v) is 8.63. The summed E-state index contributed by atoms with van der Waals surface area (Å²) in [5, 5.41) is 12.3. The molecule has 0 atom stereocenters. The number of nitrogens with zero attached hydrogens (tertiary/aromatic N) is 1. The molecule has 1 aromatic heterocycles. The third-order valence-electron chi connectivity index (χ3n) is 3.88.